The minimum absolute atomic E-state index is 0.793. The Kier molecular flexibility index (Phi) is 5.32. The molecule has 0 fully saturated rings. The van der Waals surface area contributed by atoms with Crippen molar-refractivity contribution < 1.29 is 4.21 Å². The lowest BCUT2D eigenvalue weighted by molar-refractivity contribution is 0.284. The van der Waals surface area contributed by atoms with Crippen LogP contribution in [0.25, 0.3) is 16.3 Å². The van der Waals surface area contributed by atoms with Crippen molar-refractivity contribution in [3.05, 3.63) is 83.9 Å². The number of hydrogen-bond acceptors (Lipinski definition) is 2. The van der Waals surface area contributed by atoms with Crippen LogP contribution in [0.3, 0.4) is 0 Å². The van der Waals surface area contributed by atoms with E-state index in [1.807, 2.05) is 6.07 Å². The van der Waals surface area contributed by atoms with Gasteiger partial charge in [0.15, 0.2) is 0 Å². The van der Waals surface area contributed by atoms with Crippen LogP contribution in [0.1, 0.15) is 24.0 Å². The van der Waals surface area contributed by atoms with Gasteiger partial charge in [0.2, 0.25) is 0 Å². The SMILES string of the molecule is O=S1c2ccc3ccccc3c2CN1CCCN1CC=C(c2ccccc2)CC1. The second-order valence-electron chi connectivity index (χ2n) is 7.88. The van der Waals surface area contributed by atoms with Gasteiger partial charge in [-0.1, -0.05) is 66.7 Å². The summed E-state index contributed by atoms with van der Waals surface area (Å²) in [4.78, 5) is 3.51. The standard InChI is InChI=1S/C25H26N2OS/c28-29-25-12-11-22-9-4-5-10-23(22)24(25)19-27(29)16-6-15-26-17-13-21(14-18-26)20-7-2-1-3-8-20/h1-5,7-13H,6,14-19H2. The van der Waals surface area contributed by atoms with Crippen molar-refractivity contribution in [3.8, 4) is 0 Å². The molecule has 2 aliphatic rings. The first-order chi connectivity index (χ1) is 14.3. The molecule has 5 rings (SSSR count). The van der Waals surface area contributed by atoms with Crippen LogP contribution >= 0.6 is 0 Å². The van der Waals surface area contributed by atoms with Gasteiger partial charge in [0.1, 0.15) is 11.0 Å². The maximum atomic E-state index is 12.9. The van der Waals surface area contributed by atoms with Gasteiger partial charge < -0.3 is 0 Å². The average molecular weight is 403 g/mol. The molecule has 0 amide bonds. The van der Waals surface area contributed by atoms with Gasteiger partial charge in [-0.3, -0.25) is 4.90 Å². The fraction of sp³-hybridized carbons (Fsp3) is 0.280. The van der Waals surface area contributed by atoms with E-state index in [9.17, 15) is 4.21 Å². The van der Waals surface area contributed by atoms with E-state index in [0.717, 1.165) is 50.5 Å². The van der Waals surface area contributed by atoms with Crippen molar-refractivity contribution >= 4 is 27.3 Å². The largest absolute Gasteiger partial charge is 0.299 e. The molecule has 2 aliphatic heterocycles. The van der Waals surface area contributed by atoms with Gasteiger partial charge in [-0.25, -0.2) is 8.51 Å². The van der Waals surface area contributed by atoms with Crippen molar-refractivity contribution in [1.29, 1.82) is 0 Å². The average Bonchev–Trinajstić information content (AvgIpc) is 3.11. The molecule has 0 radical (unpaired) electrons. The van der Waals surface area contributed by atoms with E-state index in [2.05, 4.69) is 75.9 Å². The minimum Gasteiger partial charge on any atom is -0.299 e. The number of nitrogens with zero attached hydrogens (tertiary/aromatic N) is 2. The molecule has 0 bridgehead atoms. The number of rotatable bonds is 5. The number of hydrogen-bond donors (Lipinski definition) is 0. The van der Waals surface area contributed by atoms with Gasteiger partial charge in [-0.15, -0.1) is 0 Å². The molecule has 0 saturated carbocycles. The van der Waals surface area contributed by atoms with Crippen LogP contribution in [0.4, 0.5) is 0 Å². The highest BCUT2D eigenvalue weighted by Gasteiger charge is 2.28. The first-order valence-corrected chi connectivity index (χ1v) is 11.5. The molecule has 0 N–H and O–H groups in total. The second-order valence-corrected chi connectivity index (χ2v) is 9.33. The molecule has 3 nitrogen and oxygen atoms in total. The van der Waals surface area contributed by atoms with Gasteiger partial charge in [0.05, 0.1) is 4.90 Å². The molecule has 1 unspecified atom stereocenters. The molecule has 0 saturated heterocycles. The van der Waals surface area contributed by atoms with Crippen LogP contribution in [0.5, 0.6) is 0 Å². The number of fused-ring (bicyclic) bond motifs is 3. The van der Waals surface area contributed by atoms with Gasteiger partial charge in [0.25, 0.3) is 0 Å². The third-order valence-corrected chi connectivity index (χ3v) is 7.61. The summed E-state index contributed by atoms with van der Waals surface area (Å²) in [5.41, 5.74) is 4.06. The van der Waals surface area contributed by atoms with Gasteiger partial charge in [0, 0.05) is 26.2 Å². The molecular weight excluding hydrogens is 376 g/mol. The Balaban J connectivity index is 1.17. The highest BCUT2D eigenvalue weighted by Crippen LogP contribution is 2.33. The van der Waals surface area contributed by atoms with E-state index in [4.69, 9.17) is 0 Å². The van der Waals surface area contributed by atoms with E-state index < -0.39 is 11.0 Å². The Bertz CT molecular complexity index is 1080. The van der Waals surface area contributed by atoms with Crippen molar-refractivity contribution in [1.82, 2.24) is 9.21 Å². The normalized spacial score (nSPS) is 20.0. The van der Waals surface area contributed by atoms with Gasteiger partial charge in [-0.05, 0) is 52.9 Å². The van der Waals surface area contributed by atoms with E-state index in [-0.39, 0.29) is 0 Å². The zero-order valence-corrected chi connectivity index (χ0v) is 17.4. The molecule has 0 aliphatic carbocycles. The molecule has 4 heteroatoms. The van der Waals surface area contributed by atoms with Crippen molar-refractivity contribution in [2.24, 2.45) is 0 Å². The van der Waals surface area contributed by atoms with Crippen molar-refractivity contribution in [2.75, 3.05) is 26.2 Å². The third-order valence-electron chi connectivity index (χ3n) is 6.07. The van der Waals surface area contributed by atoms with Crippen molar-refractivity contribution in [2.45, 2.75) is 24.3 Å². The molecule has 1 atom stereocenters. The fourth-order valence-corrected chi connectivity index (χ4v) is 5.87. The Morgan fingerprint density at radius 2 is 1.72 bits per heavy atom. The quantitative estimate of drug-likeness (QED) is 0.609. The summed E-state index contributed by atoms with van der Waals surface area (Å²) in [7, 11) is -1.03. The predicted molar refractivity (Wildman–Crippen MR) is 121 cm³/mol. The Labute approximate surface area is 175 Å². The molecular formula is C25H26N2OS. The van der Waals surface area contributed by atoms with Gasteiger partial charge in [-0.2, -0.15) is 0 Å². The van der Waals surface area contributed by atoms with Crippen molar-refractivity contribution in [3.63, 3.8) is 0 Å². The highest BCUT2D eigenvalue weighted by atomic mass is 32.2. The summed E-state index contributed by atoms with van der Waals surface area (Å²) in [5, 5.41) is 2.48. The lowest BCUT2D eigenvalue weighted by Gasteiger charge is -2.27. The van der Waals surface area contributed by atoms with E-state index in [0.29, 0.717) is 0 Å². The smallest absolute Gasteiger partial charge is 0.128 e. The summed E-state index contributed by atoms with van der Waals surface area (Å²) in [6.45, 7) is 4.85. The summed E-state index contributed by atoms with van der Waals surface area (Å²) in [6.07, 6.45) is 4.53. The van der Waals surface area contributed by atoms with E-state index in [1.54, 1.807) is 0 Å². The summed E-state index contributed by atoms with van der Waals surface area (Å²) < 4.78 is 15.1. The number of benzene rings is 3. The highest BCUT2D eigenvalue weighted by molar-refractivity contribution is 7.83. The zero-order valence-electron chi connectivity index (χ0n) is 16.6. The van der Waals surface area contributed by atoms with Crippen LogP contribution < -0.4 is 0 Å². The summed E-state index contributed by atoms with van der Waals surface area (Å²) in [5.74, 6) is 0. The predicted octanol–water partition coefficient (Wildman–Crippen LogP) is 4.86. The second kappa shape index (κ2) is 8.23. The van der Waals surface area contributed by atoms with Crippen LogP contribution in [0, 0.1) is 0 Å². The fourth-order valence-electron chi connectivity index (χ4n) is 4.48. The Morgan fingerprint density at radius 3 is 2.55 bits per heavy atom. The molecule has 0 aromatic heterocycles. The Hall–Kier alpha value is -2.27. The lowest BCUT2D eigenvalue weighted by Crippen LogP contribution is -2.32. The summed E-state index contributed by atoms with van der Waals surface area (Å²) in [6, 6.07) is 23.3. The minimum atomic E-state index is -1.03. The maximum absolute atomic E-state index is 12.9. The Morgan fingerprint density at radius 1 is 0.897 bits per heavy atom. The maximum Gasteiger partial charge on any atom is 0.128 e. The van der Waals surface area contributed by atoms with Crippen LogP contribution in [-0.2, 0) is 17.5 Å². The lowest BCUT2D eigenvalue weighted by atomic mass is 9.99. The first-order valence-electron chi connectivity index (χ1n) is 10.4. The third kappa shape index (κ3) is 3.80. The van der Waals surface area contributed by atoms with Crippen LogP contribution in [0.2, 0.25) is 0 Å². The molecule has 148 valence electrons. The van der Waals surface area contributed by atoms with E-state index in [1.165, 1.54) is 27.5 Å². The topological polar surface area (TPSA) is 23.6 Å². The van der Waals surface area contributed by atoms with Gasteiger partial charge >= 0.3 is 0 Å². The molecule has 3 aromatic rings. The van der Waals surface area contributed by atoms with Crippen LogP contribution in [-0.4, -0.2) is 39.6 Å². The summed E-state index contributed by atoms with van der Waals surface area (Å²) >= 11 is 0. The molecule has 3 aromatic carbocycles. The van der Waals surface area contributed by atoms with Crippen LogP contribution in [0.15, 0.2) is 77.7 Å². The monoisotopic (exact) mass is 402 g/mol. The molecule has 2 heterocycles. The molecule has 0 spiro atoms. The molecule has 29 heavy (non-hydrogen) atoms. The van der Waals surface area contributed by atoms with E-state index >= 15 is 0 Å². The zero-order chi connectivity index (χ0) is 19.6. The first kappa shape index (κ1) is 18.7.